The summed E-state index contributed by atoms with van der Waals surface area (Å²) in [6, 6.07) is 20.3. The van der Waals surface area contributed by atoms with Crippen LogP contribution in [-0.2, 0) is 27.4 Å². The van der Waals surface area contributed by atoms with Crippen molar-refractivity contribution in [2.45, 2.75) is 38.6 Å². The Labute approximate surface area is 125 Å². The summed E-state index contributed by atoms with van der Waals surface area (Å²) >= 11 is 0. The molecule has 0 aliphatic carbocycles. The molecule has 2 atom stereocenters. The summed E-state index contributed by atoms with van der Waals surface area (Å²) in [5.74, 6) is 0. The van der Waals surface area contributed by atoms with Gasteiger partial charge in [0.25, 0.3) is 0 Å². The highest BCUT2D eigenvalue weighted by atomic mass is 16.8. The summed E-state index contributed by atoms with van der Waals surface area (Å²) in [4.78, 5) is 0. The highest BCUT2D eigenvalue weighted by Gasteiger charge is 2.26. The van der Waals surface area contributed by atoms with Gasteiger partial charge in [0.2, 0.25) is 0 Å². The van der Waals surface area contributed by atoms with Crippen LogP contribution in [0.5, 0.6) is 0 Å². The number of hydrogen-bond acceptors (Lipinski definition) is 3. The van der Waals surface area contributed by atoms with Gasteiger partial charge in [0.05, 0.1) is 13.2 Å². The molecule has 0 radical (unpaired) electrons. The highest BCUT2D eigenvalue weighted by Crippen LogP contribution is 2.23. The topological polar surface area (TPSA) is 27.7 Å². The summed E-state index contributed by atoms with van der Waals surface area (Å²) in [7, 11) is 0. The Balaban J connectivity index is 1.39. The summed E-state index contributed by atoms with van der Waals surface area (Å²) in [5, 5.41) is 0. The second-order valence-electron chi connectivity index (χ2n) is 5.17. The summed E-state index contributed by atoms with van der Waals surface area (Å²) in [6.07, 6.45) is 1.44. The van der Waals surface area contributed by atoms with E-state index >= 15 is 0 Å². The van der Waals surface area contributed by atoms with Gasteiger partial charge in [-0.3, -0.25) is 0 Å². The number of hydrogen-bond donors (Lipinski definition) is 0. The third-order valence-corrected chi connectivity index (χ3v) is 3.50. The first-order valence-corrected chi connectivity index (χ1v) is 7.37. The van der Waals surface area contributed by atoms with E-state index in [1.165, 1.54) is 0 Å². The van der Waals surface area contributed by atoms with Crippen LogP contribution in [0.25, 0.3) is 0 Å². The predicted octanol–water partition coefficient (Wildman–Crippen LogP) is 3.88. The van der Waals surface area contributed by atoms with E-state index in [4.69, 9.17) is 14.2 Å². The van der Waals surface area contributed by atoms with Crippen molar-refractivity contribution in [1.82, 2.24) is 0 Å². The average Bonchev–Trinajstić information content (AvgIpc) is 3.01. The van der Waals surface area contributed by atoms with Crippen LogP contribution in [0.1, 0.15) is 24.0 Å². The van der Waals surface area contributed by atoms with Crippen molar-refractivity contribution in [3.63, 3.8) is 0 Å². The first-order valence-electron chi connectivity index (χ1n) is 7.37. The molecule has 0 aromatic heterocycles. The van der Waals surface area contributed by atoms with Gasteiger partial charge in [-0.2, -0.15) is 0 Å². The van der Waals surface area contributed by atoms with Crippen molar-refractivity contribution < 1.29 is 14.2 Å². The summed E-state index contributed by atoms with van der Waals surface area (Å²) in [5.41, 5.74) is 2.32. The Morgan fingerprint density at radius 3 is 1.57 bits per heavy atom. The van der Waals surface area contributed by atoms with Crippen LogP contribution in [0.3, 0.4) is 0 Å². The lowest BCUT2D eigenvalue weighted by Crippen LogP contribution is -2.16. The van der Waals surface area contributed by atoms with Gasteiger partial charge in [-0.15, -0.1) is 0 Å². The van der Waals surface area contributed by atoms with Gasteiger partial charge in [0, 0.05) is 12.8 Å². The van der Waals surface area contributed by atoms with Gasteiger partial charge < -0.3 is 14.2 Å². The Morgan fingerprint density at radius 1 is 0.714 bits per heavy atom. The van der Waals surface area contributed by atoms with Crippen molar-refractivity contribution in [3.8, 4) is 0 Å². The lowest BCUT2D eigenvalue weighted by molar-refractivity contribution is -0.212. The van der Waals surface area contributed by atoms with Crippen LogP contribution >= 0.6 is 0 Å². The molecule has 1 aliphatic rings. The molecular formula is C18H20O3. The lowest BCUT2D eigenvalue weighted by Gasteiger charge is -2.15. The van der Waals surface area contributed by atoms with Gasteiger partial charge in [-0.05, 0) is 11.1 Å². The number of ether oxygens (including phenoxy) is 3. The Hall–Kier alpha value is -1.68. The van der Waals surface area contributed by atoms with Crippen molar-refractivity contribution in [1.29, 1.82) is 0 Å². The fraction of sp³-hybridized carbons (Fsp3) is 0.333. The van der Waals surface area contributed by atoms with E-state index in [1.54, 1.807) is 0 Å². The largest absolute Gasteiger partial charge is 0.348 e. The molecule has 0 spiro atoms. The van der Waals surface area contributed by atoms with Crippen molar-refractivity contribution in [2.24, 2.45) is 0 Å². The quantitative estimate of drug-likeness (QED) is 0.805. The highest BCUT2D eigenvalue weighted by molar-refractivity contribution is 5.14. The van der Waals surface area contributed by atoms with Gasteiger partial charge in [-0.1, -0.05) is 60.7 Å². The van der Waals surface area contributed by atoms with Crippen molar-refractivity contribution in [2.75, 3.05) is 0 Å². The standard InChI is InChI=1S/C18H20O3/c1-3-7-15(8-4-1)13-19-17-11-12-18(21-17)20-14-16-9-5-2-6-10-16/h1-10,17-18H,11-14H2. The molecule has 3 nitrogen and oxygen atoms in total. The smallest absolute Gasteiger partial charge is 0.161 e. The molecule has 110 valence electrons. The molecule has 0 bridgehead atoms. The van der Waals surface area contributed by atoms with Crippen molar-refractivity contribution in [3.05, 3.63) is 71.8 Å². The molecule has 3 rings (SSSR count). The molecule has 2 aromatic rings. The minimum absolute atomic E-state index is 0.161. The van der Waals surface area contributed by atoms with Crippen LogP contribution < -0.4 is 0 Å². The van der Waals surface area contributed by atoms with E-state index in [9.17, 15) is 0 Å². The summed E-state index contributed by atoms with van der Waals surface area (Å²) < 4.78 is 17.3. The maximum atomic E-state index is 5.77. The van der Waals surface area contributed by atoms with Gasteiger partial charge in [0.1, 0.15) is 0 Å². The zero-order valence-corrected chi connectivity index (χ0v) is 12.0. The normalized spacial score (nSPS) is 21.5. The second-order valence-corrected chi connectivity index (χ2v) is 5.17. The van der Waals surface area contributed by atoms with E-state index in [0.717, 1.165) is 24.0 Å². The molecule has 1 saturated heterocycles. The first-order chi connectivity index (χ1) is 10.4. The zero-order chi connectivity index (χ0) is 14.3. The van der Waals surface area contributed by atoms with E-state index in [1.807, 2.05) is 36.4 Å². The molecular weight excluding hydrogens is 264 g/mol. The third kappa shape index (κ3) is 4.39. The van der Waals surface area contributed by atoms with Crippen molar-refractivity contribution >= 4 is 0 Å². The average molecular weight is 284 g/mol. The SMILES string of the molecule is c1ccc(COC2CCC(OCc3ccccc3)O2)cc1. The van der Waals surface area contributed by atoms with Gasteiger partial charge >= 0.3 is 0 Å². The molecule has 0 saturated carbocycles. The summed E-state index contributed by atoms with van der Waals surface area (Å²) in [6.45, 7) is 1.16. The van der Waals surface area contributed by atoms with Gasteiger partial charge in [0.15, 0.2) is 12.6 Å². The monoisotopic (exact) mass is 284 g/mol. The number of benzene rings is 2. The van der Waals surface area contributed by atoms with E-state index in [-0.39, 0.29) is 12.6 Å². The fourth-order valence-electron chi connectivity index (χ4n) is 2.35. The number of rotatable bonds is 6. The molecule has 2 unspecified atom stereocenters. The van der Waals surface area contributed by atoms with Crippen LogP contribution in [0.2, 0.25) is 0 Å². The predicted molar refractivity (Wildman–Crippen MR) is 80.4 cm³/mol. The molecule has 1 aliphatic heterocycles. The van der Waals surface area contributed by atoms with Crippen LogP contribution in [0.4, 0.5) is 0 Å². The van der Waals surface area contributed by atoms with E-state index in [0.29, 0.717) is 13.2 Å². The maximum absolute atomic E-state index is 5.77. The third-order valence-electron chi connectivity index (χ3n) is 3.50. The van der Waals surface area contributed by atoms with Crippen LogP contribution in [-0.4, -0.2) is 12.6 Å². The van der Waals surface area contributed by atoms with E-state index in [2.05, 4.69) is 24.3 Å². The minimum atomic E-state index is -0.161. The Bertz CT molecular complexity index is 477. The molecule has 1 heterocycles. The second kappa shape index (κ2) is 7.36. The molecule has 0 amide bonds. The van der Waals surface area contributed by atoms with Crippen LogP contribution in [0.15, 0.2) is 60.7 Å². The van der Waals surface area contributed by atoms with Gasteiger partial charge in [-0.25, -0.2) is 0 Å². The molecule has 2 aromatic carbocycles. The molecule has 1 fully saturated rings. The molecule has 21 heavy (non-hydrogen) atoms. The molecule has 3 heteroatoms. The fourth-order valence-corrected chi connectivity index (χ4v) is 2.35. The maximum Gasteiger partial charge on any atom is 0.161 e. The van der Waals surface area contributed by atoms with E-state index < -0.39 is 0 Å². The minimum Gasteiger partial charge on any atom is -0.348 e. The molecule has 0 N–H and O–H groups in total. The zero-order valence-electron chi connectivity index (χ0n) is 12.0. The van der Waals surface area contributed by atoms with Crippen LogP contribution in [0, 0.1) is 0 Å². The Kier molecular flexibility index (Phi) is 5.00. The first kappa shape index (κ1) is 14.3. The lowest BCUT2D eigenvalue weighted by atomic mass is 10.2. The Morgan fingerprint density at radius 2 is 1.14 bits per heavy atom.